The van der Waals surface area contributed by atoms with Crippen LogP contribution in [0.25, 0.3) is 0 Å². The van der Waals surface area contributed by atoms with E-state index >= 15 is 0 Å². The lowest BCUT2D eigenvalue weighted by Gasteiger charge is -2.09. The van der Waals surface area contributed by atoms with Gasteiger partial charge in [0.1, 0.15) is 0 Å². The molecule has 0 atom stereocenters. The molecule has 0 saturated heterocycles. The highest BCUT2D eigenvalue weighted by molar-refractivity contribution is 5.39. The van der Waals surface area contributed by atoms with E-state index in [9.17, 15) is 0 Å². The summed E-state index contributed by atoms with van der Waals surface area (Å²) >= 11 is 0. The van der Waals surface area contributed by atoms with Gasteiger partial charge in [-0.2, -0.15) is 0 Å². The molecular formula is C12H18. The fourth-order valence-electron chi connectivity index (χ4n) is 0.894. The van der Waals surface area contributed by atoms with Gasteiger partial charge in [-0.25, -0.2) is 0 Å². The van der Waals surface area contributed by atoms with Crippen molar-refractivity contribution < 1.29 is 0 Å². The summed E-state index contributed by atoms with van der Waals surface area (Å²) in [5.41, 5.74) is 2.38. The molecule has 0 nitrogen and oxygen atoms in total. The van der Waals surface area contributed by atoms with E-state index in [4.69, 9.17) is 0 Å². The molecule has 0 rings (SSSR count). The van der Waals surface area contributed by atoms with Gasteiger partial charge in [0.25, 0.3) is 0 Å². The quantitative estimate of drug-likeness (QED) is 0.550. The molecule has 0 unspecified atom stereocenters. The van der Waals surface area contributed by atoms with Gasteiger partial charge in [-0.1, -0.05) is 51.3 Å². The Labute approximate surface area is 76.0 Å². The van der Waals surface area contributed by atoms with E-state index in [1.54, 1.807) is 6.08 Å². The molecule has 0 bridgehead atoms. The molecule has 0 aliphatic heterocycles. The van der Waals surface area contributed by atoms with Crippen LogP contribution in [0.15, 0.2) is 48.6 Å². The second kappa shape index (κ2) is 5.59. The van der Waals surface area contributed by atoms with Crippen molar-refractivity contribution in [3.63, 3.8) is 0 Å². The Bertz CT molecular complexity index is 214. The molecular weight excluding hydrogens is 144 g/mol. The van der Waals surface area contributed by atoms with Crippen LogP contribution in [-0.4, -0.2) is 0 Å². The van der Waals surface area contributed by atoms with Crippen molar-refractivity contribution >= 4 is 0 Å². The Balaban J connectivity index is 4.48. The highest BCUT2D eigenvalue weighted by Crippen LogP contribution is 2.18. The zero-order valence-corrected chi connectivity index (χ0v) is 8.30. The van der Waals surface area contributed by atoms with Crippen molar-refractivity contribution in [3.8, 4) is 0 Å². The molecule has 0 heterocycles. The summed E-state index contributed by atoms with van der Waals surface area (Å²) in [6.45, 7) is 14.0. The first-order chi connectivity index (χ1) is 5.63. The summed E-state index contributed by atoms with van der Waals surface area (Å²) in [6.07, 6.45) is 7.82. The summed E-state index contributed by atoms with van der Waals surface area (Å²) in [5, 5.41) is 0. The van der Waals surface area contributed by atoms with Gasteiger partial charge in [0, 0.05) is 0 Å². The van der Waals surface area contributed by atoms with Crippen LogP contribution in [0.4, 0.5) is 0 Å². The van der Waals surface area contributed by atoms with Gasteiger partial charge in [0.2, 0.25) is 0 Å². The molecule has 0 aliphatic rings. The highest BCUT2D eigenvalue weighted by Gasteiger charge is 2.01. The van der Waals surface area contributed by atoms with Gasteiger partial charge < -0.3 is 0 Å². The van der Waals surface area contributed by atoms with Gasteiger partial charge >= 0.3 is 0 Å². The third kappa shape index (κ3) is 3.38. The Hall–Kier alpha value is -1.04. The molecule has 0 amide bonds. The predicted molar refractivity (Wildman–Crippen MR) is 57.1 cm³/mol. The first kappa shape index (κ1) is 11.0. The fraction of sp³-hybridized carbons (Fsp3) is 0.333. The van der Waals surface area contributed by atoms with Crippen LogP contribution in [0.5, 0.6) is 0 Å². The molecule has 0 N–H and O–H groups in total. The lowest BCUT2D eigenvalue weighted by Crippen LogP contribution is -1.93. The molecule has 66 valence electrons. The molecule has 0 aromatic heterocycles. The average molecular weight is 162 g/mol. The lowest BCUT2D eigenvalue weighted by molar-refractivity contribution is 0.786. The molecule has 0 aliphatic carbocycles. The Morgan fingerprint density at radius 3 is 2.25 bits per heavy atom. The summed E-state index contributed by atoms with van der Waals surface area (Å²) in [5.74, 6) is 0.505. The van der Waals surface area contributed by atoms with Crippen molar-refractivity contribution in [1.82, 2.24) is 0 Å². The third-order valence-corrected chi connectivity index (χ3v) is 1.79. The molecule has 0 radical (unpaired) electrons. The van der Waals surface area contributed by atoms with Crippen molar-refractivity contribution in [2.75, 3.05) is 0 Å². The van der Waals surface area contributed by atoms with Gasteiger partial charge in [0.05, 0.1) is 0 Å². The standard InChI is InChI=1S/C12H18/c1-6-8-9-12(7-2)11(5)10(3)4/h6-10H,1,5H2,2-4H3/b9-8-,12-7+. The monoisotopic (exact) mass is 162 g/mol. The topological polar surface area (TPSA) is 0 Å². The van der Waals surface area contributed by atoms with Crippen molar-refractivity contribution in [1.29, 1.82) is 0 Å². The first-order valence-electron chi connectivity index (χ1n) is 4.28. The van der Waals surface area contributed by atoms with Crippen LogP contribution < -0.4 is 0 Å². The van der Waals surface area contributed by atoms with E-state index in [2.05, 4.69) is 33.1 Å². The van der Waals surface area contributed by atoms with E-state index < -0.39 is 0 Å². The first-order valence-corrected chi connectivity index (χ1v) is 4.28. The second-order valence-corrected chi connectivity index (χ2v) is 3.02. The number of hydrogen-bond donors (Lipinski definition) is 0. The van der Waals surface area contributed by atoms with Gasteiger partial charge in [0.15, 0.2) is 0 Å². The second-order valence-electron chi connectivity index (χ2n) is 3.02. The van der Waals surface area contributed by atoms with Crippen molar-refractivity contribution in [2.45, 2.75) is 20.8 Å². The zero-order chi connectivity index (χ0) is 9.56. The van der Waals surface area contributed by atoms with Crippen molar-refractivity contribution in [2.24, 2.45) is 5.92 Å². The normalized spacial score (nSPS) is 12.5. The minimum absolute atomic E-state index is 0.505. The van der Waals surface area contributed by atoms with Gasteiger partial charge in [-0.15, -0.1) is 0 Å². The summed E-state index contributed by atoms with van der Waals surface area (Å²) in [4.78, 5) is 0. The summed E-state index contributed by atoms with van der Waals surface area (Å²) in [7, 11) is 0. The van der Waals surface area contributed by atoms with Crippen LogP contribution >= 0.6 is 0 Å². The van der Waals surface area contributed by atoms with Crippen LogP contribution in [0.1, 0.15) is 20.8 Å². The van der Waals surface area contributed by atoms with E-state index in [1.807, 2.05) is 19.1 Å². The lowest BCUT2D eigenvalue weighted by atomic mass is 9.96. The molecule has 0 spiro atoms. The maximum absolute atomic E-state index is 4.02. The highest BCUT2D eigenvalue weighted by atomic mass is 14.1. The van der Waals surface area contributed by atoms with Crippen molar-refractivity contribution in [3.05, 3.63) is 48.6 Å². The van der Waals surface area contributed by atoms with E-state index in [1.165, 1.54) is 11.1 Å². The Kier molecular flexibility index (Phi) is 5.11. The van der Waals surface area contributed by atoms with E-state index in [0.29, 0.717) is 5.92 Å². The van der Waals surface area contributed by atoms with Gasteiger partial charge in [-0.3, -0.25) is 0 Å². The number of rotatable bonds is 4. The van der Waals surface area contributed by atoms with E-state index in [-0.39, 0.29) is 0 Å². The van der Waals surface area contributed by atoms with Crippen LogP contribution in [0.3, 0.4) is 0 Å². The Morgan fingerprint density at radius 1 is 1.33 bits per heavy atom. The molecule has 0 aromatic rings. The Morgan fingerprint density at radius 2 is 1.92 bits per heavy atom. The number of allylic oxidation sites excluding steroid dienone is 6. The fourth-order valence-corrected chi connectivity index (χ4v) is 0.894. The average Bonchev–Trinajstić information content (AvgIpc) is 2.05. The smallest absolute Gasteiger partial charge is 0.0219 e. The van der Waals surface area contributed by atoms with Crippen LogP contribution in [-0.2, 0) is 0 Å². The maximum Gasteiger partial charge on any atom is -0.0219 e. The van der Waals surface area contributed by atoms with Gasteiger partial charge in [-0.05, 0) is 24.0 Å². The molecule has 12 heavy (non-hydrogen) atoms. The van der Waals surface area contributed by atoms with E-state index in [0.717, 1.165) is 0 Å². The van der Waals surface area contributed by atoms with Crippen LogP contribution in [0.2, 0.25) is 0 Å². The molecule has 0 aromatic carbocycles. The predicted octanol–water partition coefficient (Wildman–Crippen LogP) is 3.89. The number of hydrogen-bond acceptors (Lipinski definition) is 0. The SMILES string of the molecule is C=C/C=C\C(=C/C)C(=C)C(C)C. The largest absolute Gasteiger partial charge is 0.0991 e. The summed E-state index contributed by atoms with van der Waals surface area (Å²) < 4.78 is 0. The molecule has 0 fully saturated rings. The minimum Gasteiger partial charge on any atom is -0.0991 e. The molecule has 0 saturated carbocycles. The van der Waals surface area contributed by atoms with Crippen LogP contribution in [0, 0.1) is 5.92 Å². The zero-order valence-electron chi connectivity index (χ0n) is 8.30. The molecule has 0 heteroatoms. The summed E-state index contributed by atoms with van der Waals surface area (Å²) in [6, 6.07) is 0. The third-order valence-electron chi connectivity index (χ3n) is 1.79. The maximum atomic E-state index is 4.02. The minimum atomic E-state index is 0.505.